The normalized spacial score (nSPS) is 19.5. The Morgan fingerprint density at radius 1 is 1.31 bits per heavy atom. The largest absolute Gasteiger partial charge is 0.366 e. The van der Waals surface area contributed by atoms with Gasteiger partial charge in [-0.25, -0.2) is 4.98 Å². The molecule has 26 heavy (non-hydrogen) atoms. The Morgan fingerprint density at radius 2 is 2.15 bits per heavy atom. The molecule has 4 rings (SSSR count). The first-order chi connectivity index (χ1) is 12.6. The van der Waals surface area contributed by atoms with E-state index >= 15 is 0 Å². The minimum atomic E-state index is -0.356. The number of nitrogens with one attached hydrogen (secondary N) is 2. The molecule has 0 spiro atoms. The standard InChI is InChI=1S/C19H18N4O2S/c1-11(13-5-6-13)21-17-10-20-9-15(22-17)14-4-2-3-12(7-14)8-16-18(24)23-19(25)26-16/h2-4,7-11,13H,5-6H2,1H3,(H,21,22)(H,23,24,25)/b16-8+/t11-/m0/s1. The van der Waals surface area contributed by atoms with Gasteiger partial charge in [-0.05, 0) is 55.2 Å². The molecule has 2 heterocycles. The molecular formula is C19H18N4O2S. The molecule has 1 saturated carbocycles. The lowest BCUT2D eigenvalue weighted by molar-refractivity contribution is -0.115. The zero-order valence-corrected chi connectivity index (χ0v) is 15.0. The number of aromatic nitrogens is 2. The van der Waals surface area contributed by atoms with E-state index in [1.807, 2.05) is 24.3 Å². The molecule has 2 fully saturated rings. The molecular weight excluding hydrogens is 348 g/mol. The number of hydrogen-bond acceptors (Lipinski definition) is 6. The lowest BCUT2D eigenvalue weighted by Gasteiger charge is -2.13. The van der Waals surface area contributed by atoms with Crippen LogP contribution in [-0.2, 0) is 4.79 Å². The minimum absolute atomic E-state index is 0.341. The Labute approximate surface area is 155 Å². The molecule has 0 bridgehead atoms. The second-order valence-electron chi connectivity index (χ2n) is 6.54. The number of thioether (sulfide) groups is 1. The molecule has 2 N–H and O–H groups in total. The maximum Gasteiger partial charge on any atom is 0.290 e. The van der Waals surface area contributed by atoms with Crippen molar-refractivity contribution in [3.8, 4) is 11.3 Å². The van der Waals surface area contributed by atoms with Crippen LogP contribution in [0.4, 0.5) is 10.6 Å². The first-order valence-corrected chi connectivity index (χ1v) is 9.34. The van der Waals surface area contributed by atoms with Crippen LogP contribution in [0, 0.1) is 5.92 Å². The van der Waals surface area contributed by atoms with Crippen molar-refractivity contribution in [3.05, 3.63) is 47.1 Å². The van der Waals surface area contributed by atoms with Crippen molar-refractivity contribution in [1.82, 2.24) is 15.3 Å². The summed E-state index contributed by atoms with van der Waals surface area (Å²) in [5.74, 6) is 1.14. The van der Waals surface area contributed by atoms with Crippen molar-refractivity contribution in [2.75, 3.05) is 5.32 Å². The van der Waals surface area contributed by atoms with Crippen LogP contribution in [0.25, 0.3) is 17.3 Å². The van der Waals surface area contributed by atoms with E-state index in [1.165, 1.54) is 12.8 Å². The zero-order chi connectivity index (χ0) is 18.1. The lowest BCUT2D eigenvalue weighted by atomic mass is 10.1. The Hall–Kier alpha value is -2.67. The second-order valence-corrected chi connectivity index (χ2v) is 7.55. The van der Waals surface area contributed by atoms with E-state index in [2.05, 4.69) is 27.5 Å². The van der Waals surface area contributed by atoms with Crippen LogP contribution in [0.3, 0.4) is 0 Å². The summed E-state index contributed by atoms with van der Waals surface area (Å²) in [4.78, 5) is 32.3. The molecule has 2 amide bonds. The molecule has 132 valence electrons. The van der Waals surface area contributed by atoms with Gasteiger partial charge in [-0.3, -0.25) is 19.9 Å². The molecule has 0 unspecified atom stereocenters. The fourth-order valence-corrected chi connectivity index (χ4v) is 3.56. The second kappa shape index (κ2) is 6.92. The molecule has 0 radical (unpaired) electrons. The third kappa shape index (κ3) is 3.77. The zero-order valence-electron chi connectivity index (χ0n) is 14.2. The number of carbonyl (C=O) groups excluding carboxylic acids is 2. The molecule has 1 aromatic heterocycles. The predicted octanol–water partition coefficient (Wildman–Crippen LogP) is 3.68. The summed E-state index contributed by atoms with van der Waals surface area (Å²) >= 11 is 0.912. The maximum absolute atomic E-state index is 11.7. The fraction of sp³-hybridized carbons (Fsp3) is 0.263. The van der Waals surface area contributed by atoms with Crippen molar-refractivity contribution in [3.63, 3.8) is 0 Å². The van der Waals surface area contributed by atoms with Gasteiger partial charge in [-0.1, -0.05) is 18.2 Å². The van der Waals surface area contributed by atoms with Crippen molar-refractivity contribution in [1.29, 1.82) is 0 Å². The highest BCUT2D eigenvalue weighted by atomic mass is 32.2. The van der Waals surface area contributed by atoms with Crippen molar-refractivity contribution in [2.45, 2.75) is 25.8 Å². The maximum atomic E-state index is 11.7. The van der Waals surface area contributed by atoms with E-state index in [1.54, 1.807) is 18.5 Å². The van der Waals surface area contributed by atoms with Gasteiger partial charge in [0, 0.05) is 11.6 Å². The first-order valence-electron chi connectivity index (χ1n) is 8.52. The first kappa shape index (κ1) is 16.8. The Kier molecular flexibility index (Phi) is 4.46. The SMILES string of the molecule is C[C@H](Nc1cncc(-c2cccc(/C=C3/SC(=O)NC3=O)c2)n1)C1CC1. The number of hydrogen-bond donors (Lipinski definition) is 2. The van der Waals surface area contributed by atoms with Gasteiger partial charge in [0.2, 0.25) is 0 Å². The summed E-state index contributed by atoms with van der Waals surface area (Å²) < 4.78 is 0. The third-order valence-electron chi connectivity index (χ3n) is 4.46. The molecule has 1 aliphatic carbocycles. The van der Waals surface area contributed by atoms with Gasteiger partial charge in [-0.15, -0.1) is 0 Å². The van der Waals surface area contributed by atoms with E-state index < -0.39 is 0 Å². The van der Waals surface area contributed by atoms with Crippen LogP contribution in [0.1, 0.15) is 25.3 Å². The molecule has 2 aromatic rings. The van der Waals surface area contributed by atoms with Crippen molar-refractivity contribution in [2.24, 2.45) is 5.92 Å². The number of rotatable bonds is 5. The number of imide groups is 1. The monoisotopic (exact) mass is 366 g/mol. The highest BCUT2D eigenvalue weighted by Crippen LogP contribution is 2.34. The summed E-state index contributed by atoms with van der Waals surface area (Å²) in [6.45, 7) is 2.17. The lowest BCUT2D eigenvalue weighted by Crippen LogP contribution is -2.18. The molecule has 1 aromatic carbocycles. The average molecular weight is 366 g/mol. The molecule has 1 atom stereocenters. The van der Waals surface area contributed by atoms with E-state index in [9.17, 15) is 9.59 Å². The van der Waals surface area contributed by atoms with Crippen molar-refractivity contribution >= 4 is 34.8 Å². The summed E-state index contributed by atoms with van der Waals surface area (Å²) in [6, 6.07) is 8.06. The quantitative estimate of drug-likeness (QED) is 0.786. The van der Waals surface area contributed by atoms with Crippen LogP contribution >= 0.6 is 11.8 Å². The molecule has 6 nitrogen and oxygen atoms in total. The predicted molar refractivity (Wildman–Crippen MR) is 102 cm³/mol. The van der Waals surface area contributed by atoms with Gasteiger partial charge >= 0.3 is 0 Å². The topological polar surface area (TPSA) is 84.0 Å². The molecule has 1 aliphatic heterocycles. The number of carbonyl (C=O) groups is 2. The summed E-state index contributed by atoms with van der Waals surface area (Å²) in [5.41, 5.74) is 2.50. The molecule has 7 heteroatoms. The fourth-order valence-electron chi connectivity index (χ4n) is 2.88. The number of amides is 2. The number of anilines is 1. The summed E-state index contributed by atoms with van der Waals surface area (Å²) in [7, 11) is 0. The van der Waals surface area contributed by atoms with Gasteiger partial charge in [0.05, 0.1) is 23.0 Å². The van der Waals surface area contributed by atoms with E-state index in [4.69, 9.17) is 0 Å². The van der Waals surface area contributed by atoms with Crippen LogP contribution < -0.4 is 10.6 Å². The number of nitrogens with zero attached hydrogens (tertiary/aromatic N) is 2. The van der Waals surface area contributed by atoms with E-state index in [0.29, 0.717) is 10.9 Å². The van der Waals surface area contributed by atoms with Crippen LogP contribution in [0.2, 0.25) is 0 Å². The van der Waals surface area contributed by atoms with E-state index in [0.717, 1.165) is 40.3 Å². The van der Waals surface area contributed by atoms with Gasteiger partial charge in [0.15, 0.2) is 0 Å². The summed E-state index contributed by atoms with van der Waals surface area (Å²) in [6.07, 6.45) is 7.70. The third-order valence-corrected chi connectivity index (χ3v) is 5.27. The Morgan fingerprint density at radius 3 is 2.88 bits per heavy atom. The van der Waals surface area contributed by atoms with Crippen LogP contribution in [-0.4, -0.2) is 27.2 Å². The summed E-state index contributed by atoms with van der Waals surface area (Å²) in [5, 5.41) is 5.34. The van der Waals surface area contributed by atoms with Crippen LogP contribution in [0.5, 0.6) is 0 Å². The van der Waals surface area contributed by atoms with E-state index in [-0.39, 0.29) is 11.1 Å². The highest BCUT2D eigenvalue weighted by Gasteiger charge is 2.28. The van der Waals surface area contributed by atoms with Crippen LogP contribution in [0.15, 0.2) is 41.6 Å². The molecule has 2 aliphatic rings. The Bertz CT molecular complexity index is 908. The highest BCUT2D eigenvalue weighted by molar-refractivity contribution is 8.18. The minimum Gasteiger partial charge on any atom is -0.366 e. The molecule has 1 saturated heterocycles. The van der Waals surface area contributed by atoms with Gasteiger partial charge in [-0.2, -0.15) is 0 Å². The average Bonchev–Trinajstić information content (AvgIpc) is 3.42. The van der Waals surface area contributed by atoms with Gasteiger partial charge in [0.1, 0.15) is 5.82 Å². The Balaban J connectivity index is 1.57. The van der Waals surface area contributed by atoms with Crippen molar-refractivity contribution < 1.29 is 9.59 Å². The number of benzene rings is 1. The van der Waals surface area contributed by atoms with Gasteiger partial charge < -0.3 is 5.32 Å². The smallest absolute Gasteiger partial charge is 0.290 e. The van der Waals surface area contributed by atoms with Gasteiger partial charge in [0.25, 0.3) is 11.1 Å².